The fourth-order valence-corrected chi connectivity index (χ4v) is 2.28. The Hall–Kier alpha value is -2.89. The van der Waals surface area contributed by atoms with Crippen LogP contribution in [0.4, 0.5) is 0 Å². The van der Waals surface area contributed by atoms with E-state index in [2.05, 4.69) is 10.1 Å². The van der Waals surface area contributed by atoms with Gasteiger partial charge in [-0.05, 0) is 31.2 Å². The molecule has 0 radical (unpaired) electrons. The van der Waals surface area contributed by atoms with Crippen molar-refractivity contribution in [2.75, 3.05) is 0 Å². The van der Waals surface area contributed by atoms with Crippen molar-refractivity contribution in [1.82, 2.24) is 19.3 Å². The third-order valence-corrected chi connectivity index (χ3v) is 3.32. The summed E-state index contributed by atoms with van der Waals surface area (Å²) in [5.41, 5.74) is 1.80. The minimum Gasteiger partial charge on any atom is -0.478 e. The molecule has 0 spiro atoms. The van der Waals surface area contributed by atoms with E-state index in [0.29, 0.717) is 0 Å². The van der Waals surface area contributed by atoms with Crippen LogP contribution in [0.1, 0.15) is 12.5 Å². The van der Waals surface area contributed by atoms with Crippen LogP contribution in [-0.4, -0.2) is 30.4 Å². The first kappa shape index (κ1) is 13.1. The lowest BCUT2D eigenvalue weighted by Crippen LogP contribution is -2.04. The SMILES string of the molecule is CC(=Cc1cnn(C)c1-n1ccc2cccnc21)C(=O)O. The zero-order chi connectivity index (χ0) is 15.0. The van der Waals surface area contributed by atoms with Gasteiger partial charge >= 0.3 is 5.97 Å². The molecule has 3 heterocycles. The summed E-state index contributed by atoms with van der Waals surface area (Å²) in [6.07, 6.45) is 6.89. The smallest absolute Gasteiger partial charge is 0.331 e. The number of carbonyl (C=O) groups is 1. The van der Waals surface area contributed by atoms with Crippen LogP contribution in [0.25, 0.3) is 22.9 Å². The van der Waals surface area contributed by atoms with Crippen LogP contribution >= 0.6 is 0 Å². The molecule has 0 amide bonds. The average Bonchev–Trinajstić information content (AvgIpc) is 3.02. The Balaban J connectivity index is 2.21. The van der Waals surface area contributed by atoms with E-state index >= 15 is 0 Å². The van der Waals surface area contributed by atoms with Crippen LogP contribution in [0, 0.1) is 0 Å². The van der Waals surface area contributed by atoms with E-state index in [9.17, 15) is 4.79 Å². The zero-order valence-corrected chi connectivity index (χ0v) is 11.7. The van der Waals surface area contributed by atoms with Crippen molar-refractivity contribution in [3.8, 4) is 5.82 Å². The summed E-state index contributed by atoms with van der Waals surface area (Å²) >= 11 is 0. The van der Waals surface area contributed by atoms with E-state index in [1.807, 2.05) is 36.0 Å². The predicted octanol–water partition coefficient (Wildman–Crippen LogP) is 2.25. The molecule has 3 aromatic rings. The predicted molar refractivity (Wildman–Crippen MR) is 79.1 cm³/mol. The van der Waals surface area contributed by atoms with E-state index in [1.165, 1.54) is 0 Å². The molecule has 6 nitrogen and oxygen atoms in total. The molecular weight excluding hydrogens is 268 g/mol. The van der Waals surface area contributed by atoms with E-state index in [-0.39, 0.29) is 5.57 Å². The Morgan fingerprint density at radius 3 is 2.95 bits per heavy atom. The van der Waals surface area contributed by atoms with Crippen molar-refractivity contribution in [3.05, 3.63) is 47.9 Å². The number of fused-ring (bicyclic) bond motifs is 1. The first-order valence-electron chi connectivity index (χ1n) is 6.44. The Morgan fingerprint density at radius 1 is 1.38 bits per heavy atom. The number of hydrogen-bond donors (Lipinski definition) is 1. The second kappa shape index (κ2) is 4.90. The van der Waals surface area contributed by atoms with E-state index < -0.39 is 5.97 Å². The normalized spacial score (nSPS) is 12.0. The van der Waals surface area contributed by atoms with Gasteiger partial charge in [-0.2, -0.15) is 5.10 Å². The molecule has 0 aliphatic rings. The Bertz CT molecular complexity index is 858. The highest BCUT2D eigenvalue weighted by Gasteiger charge is 2.13. The minimum absolute atomic E-state index is 0.258. The zero-order valence-electron chi connectivity index (χ0n) is 11.7. The molecule has 0 aliphatic heterocycles. The van der Waals surface area contributed by atoms with Crippen molar-refractivity contribution in [3.63, 3.8) is 0 Å². The van der Waals surface area contributed by atoms with Gasteiger partial charge in [0, 0.05) is 36.0 Å². The fraction of sp³-hybridized carbons (Fsp3) is 0.133. The number of carboxylic acid groups (broad SMARTS) is 1. The summed E-state index contributed by atoms with van der Waals surface area (Å²) in [7, 11) is 1.82. The first-order chi connectivity index (χ1) is 10.1. The second-order valence-corrected chi connectivity index (χ2v) is 4.78. The summed E-state index contributed by atoms with van der Waals surface area (Å²) in [5.74, 6) is -0.162. The van der Waals surface area contributed by atoms with E-state index in [1.54, 1.807) is 30.1 Å². The Labute approximate surface area is 121 Å². The van der Waals surface area contributed by atoms with Crippen LogP contribution in [0.3, 0.4) is 0 Å². The van der Waals surface area contributed by atoms with Crippen molar-refractivity contribution < 1.29 is 9.90 Å². The van der Waals surface area contributed by atoms with Gasteiger partial charge in [-0.25, -0.2) is 9.78 Å². The summed E-state index contributed by atoms with van der Waals surface area (Å²) in [4.78, 5) is 15.4. The maximum Gasteiger partial charge on any atom is 0.331 e. The average molecular weight is 282 g/mol. The van der Waals surface area contributed by atoms with Gasteiger partial charge in [0.05, 0.1) is 6.20 Å². The molecular formula is C15H14N4O2. The van der Waals surface area contributed by atoms with E-state index in [4.69, 9.17) is 5.11 Å². The number of aryl methyl sites for hydroxylation is 1. The highest BCUT2D eigenvalue weighted by molar-refractivity contribution is 5.92. The number of hydrogen-bond acceptors (Lipinski definition) is 3. The summed E-state index contributed by atoms with van der Waals surface area (Å²) in [6.45, 7) is 1.56. The van der Waals surface area contributed by atoms with Gasteiger partial charge in [0.1, 0.15) is 11.5 Å². The molecule has 0 fully saturated rings. The molecule has 106 valence electrons. The van der Waals surface area contributed by atoms with Crippen molar-refractivity contribution >= 4 is 23.1 Å². The van der Waals surface area contributed by atoms with Gasteiger partial charge in [-0.1, -0.05) is 0 Å². The molecule has 0 aromatic carbocycles. The molecule has 0 bridgehead atoms. The molecule has 6 heteroatoms. The molecule has 3 rings (SSSR count). The monoisotopic (exact) mass is 282 g/mol. The standard InChI is InChI=1S/C15H14N4O2/c1-10(15(20)21)8-12-9-17-18(2)14(12)19-7-5-11-4-3-6-16-13(11)19/h3-9H,1-2H3,(H,20,21). The number of nitrogens with zero attached hydrogens (tertiary/aromatic N) is 4. The maximum absolute atomic E-state index is 11.0. The van der Waals surface area contributed by atoms with Crippen molar-refractivity contribution in [1.29, 1.82) is 0 Å². The van der Waals surface area contributed by atoms with Crippen LogP contribution in [-0.2, 0) is 11.8 Å². The van der Waals surface area contributed by atoms with Gasteiger partial charge < -0.3 is 5.11 Å². The third-order valence-electron chi connectivity index (χ3n) is 3.32. The fourth-order valence-electron chi connectivity index (χ4n) is 2.28. The third kappa shape index (κ3) is 2.20. The summed E-state index contributed by atoms with van der Waals surface area (Å²) in [6, 6.07) is 5.82. The molecule has 1 N–H and O–H groups in total. The lowest BCUT2D eigenvalue weighted by Gasteiger charge is -2.07. The van der Waals surface area contributed by atoms with Crippen molar-refractivity contribution in [2.24, 2.45) is 7.05 Å². The molecule has 3 aromatic heterocycles. The van der Waals surface area contributed by atoms with Crippen LogP contribution in [0.15, 0.2) is 42.4 Å². The number of carboxylic acids is 1. The number of aliphatic carboxylic acids is 1. The Kier molecular flexibility index (Phi) is 3.06. The summed E-state index contributed by atoms with van der Waals surface area (Å²) < 4.78 is 3.61. The molecule has 0 saturated carbocycles. The lowest BCUT2D eigenvalue weighted by atomic mass is 10.2. The van der Waals surface area contributed by atoms with Gasteiger partial charge in [0.2, 0.25) is 0 Å². The first-order valence-corrected chi connectivity index (χ1v) is 6.44. The van der Waals surface area contributed by atoms with Crippen molar-refractivity contribution in [2.45, 2.75) is 6.92 Å². The number of rotatable bonds is 3. The lowest BCUT2D eigenvalue weighted by molar-refractivity contribution is -0.132. The quantitative estimate of drug-likeness (QED) is 0.748. The van der Waals surface area contributed by atoms with Crippen LogP contribution in [0.2, 0.25) is 0 Å². The summed E-state index contributed by atoms with van der Waals surface area (Å²) in [5, 5.41) is 14.3. The van der Waals surface area contributed by atoms with Gasteiger partial charge in [-0.3, -0.25) is 9.25 Å². The number of pyridine rings is 1. The topological polar surface area (TPSA) is 72.9 Å². The van der Waals surface area contributed by atoms with Gasteiger partial charge in [0.15, 0.2) is 0 Å². The minimum atomic E-state index is -0.944. The molecule has 0 aliphatic carbocycles. The van der Waals surface area contributed by atoms with Gasteiger partial charge in [-0.15, -0.1) is 0 Å². The molecule has 0 saturated heterocycles. The van der Waals surface area contributed by atoms with Crippen LogP contribution in [0.5, 0.6) is 0 Å². The second-order valence-electron chi connectivity index (χ2n) is 4.78. The maximum atomic E-state index is 11.0. The van der Waals surface area contributed by atoms with Crippen LogP contribution < -0.4 is 0 Å². The highest BCUT2D eigenvalue weighted by atomic mass is 16.4. The molecule has 0 atom stereocenters. The Morgan fingerprint density at radius 2 is 2.19 bits per heavy atom. The number of aromatic nitrogens is 4. The highest BCUT2D eigenvalue weighted by Crippen LogP contribution is 2.22. The molecule has 0 unspecified atom stereocenters. The van der Waals surface area contributed by atoms with Gasteiger partial charge in [0.25, 0.3) is 0 Å². The molecule has 21 heavy (non-hydrogen) atoms. The largest absolute Gasteiger partial charge is 0.478 e. The van der Waals surface area contributed by atoms with E-state index in [0.717, 1.165) is 22.4 Å².